The van der Waals surface area contributed by atoms with Gasteiger partial charge in [-0.1, -0.05) is 13.8 Å². The highest BCUT2D eigenvalue weighted by atomic mass is 14.9. The van der Waals surface area contributed by atoms with Crippen LogP contribution in [0.4, 0.5) is 0 Å². The smallest absolute Gasteiger partial charge is 0.0921 e. The third-order valence-electron chi connectivity index (χ3n) is 2.37. The Bertz CT molecular complexity index is 202. The molecule has 0 saturated heterocycles. The molecule has 0 aromatic carbocycles. The zero-order valence-electron chi connectivity index (χ0n) is 8.51. The van der Waals surface area contributed by atoms with Crippen molar-refractivity contribution in [3.05, 3.63) is 18.2 Å². The monoisotopic (exact) mass is 181 g/mol. The summed E-state index contributed by atoms with van der Waals surface area (Å²) in [5.74, 6) is 0. The molecule has 0 saturated carbocycles. The number of hydrogen-bond donors (Lipinski definition) is 2. The van der Waals surface area contributed by atoms with Crippen molar-refractivity contribution in [2.24, 2.45) is 0 Å². The summed E-state index contributed by atoms with van der Waals surface area (Å²) < 4.78 is 0. The summed E-state index contributed by atoms with van der Waals surface area (Å²) in [5.41, 5.74) is 1.21. The van der Waals surface area contributed by atoms with E-state index >= 15 is 0 Å². The van der Waals surface area contributed by atoms with Gasteiger partial charge < -0.3 is 10.3 Å². The SMILES string of the molecule is CCC(CC)NCCc1cnc[nH]1. The van der Waals surface area contributed by atoms with E-state index in [-0.39, 0.29) is 0 Å². The zero-order valence-corrected chi connectivity index (χ0v) is 8.51. The van der Waals surface area contributed by atoms with E-state index in [1.165, 1.54) is 18.5 Å². The Morgan fingerprint density at radius 3 is 2.77 bits per heavy atom. The van der Waals surface area contributed by atoms with Crippen molar-refractivity contribution in [1.82, 2.24) is 15.3 Å². The lowest BCUT2D eigenvalue weighted by Crippen LogP contribution is -2.29. The Balaban J connectivity index is 2.13. The largest absolute Gasteiger partial charge is 0.348 e. The fourth-order valence-electron chi connectivity index (χ4n) is 1.41. The number of hydrogen-bond acceptors (Lipinski definition) is 2. The lowest BCUT2D eigenvalue weighted by molar-refractivity contribution is 0.487. The van der Waals surface area contributed by atoms with Gasteiger partial charge in [-0.2, -0.15) is 0 Å². The summed E-state index contributed by atoms with van der Waals surface area (Å²) in [4.78, 5) is 7.07. The van der Waals surface area contributed by atoms with Crippen molar-refractivity contribution in [2.45, 2.75) is 39.2 Å². The van der Waals surface area contributed by atoms with Crippen LogP contribution in [0.25, 0.3) is 0 Å². The van der Waals surface area contributed by atoms with E-state index < -0.39 is 0 Å². The summed E-state index contributed by atoms with van der Waals surface area (Å²) in [6.45, 7) is 5.48. The van der Waals surface area contributed by atoms with Crippen LogP contribution >= 0.6 is 0 Å². The molecule has 0 unspecified atom stereocenters. The van der Waals surface area contributed by atoms with Gasteiger partial charge in [0, 0.05) is 30.9 Å². The average molecular weight is 181 g/mol. The number of imidazole rings is 1. The number of nitrogens with one attached hydrogen (secondary N) is 2. The summed E-state index contributed by atoms with van der Waals surface area (Å²) in [7, 11) is 0. The normalized spacial score (nSPS) is 11.0. The molecule has 13 heavy (non-hydrogen) atoms. The zero-order chi connectivity index (χ0) is 9.52. The van der Waals surface area contributed by atoms with E-state index in [0.29, 0.717) is 6.04 Å². The van der Waals surface area contributed by atoms with E-state index in [1.54, 1.807) is 6.33 Å². The predicted octanol–water partition coefficient (Wildman–Crippen LogP) is 1.73. The minimum absolute atomic E-state index is 0.669. The number of H-pyrrole nitrogens is 1. The number of aromatic nitrogens is 2. The summed E-state index contributed by atoms with van der Waals surface area (Å²) in [5, 5.41) is 3.51. The first-order valence-corrected chi connectivity index (χ1v) is 5.07. The van der Waals surface area contributed by atoms with Crippen LogP contribution in [-0.4, -0.2) is 22.6 Å². The van der Waals surface area contributed by atoms with E-state index in [9.17, 15) is 0 Å². The van der Waals surface area contributed by atoms with Gasteiger partial charge in [0.2, 0.25) is 0 Å². The van der Waals surface area contributed by atoms with Gasteiger partial charge in [0.15, 0.2) is 0 Å². The molecule has 0 amide bonds. The molecule has 0 aliphatic heterocycles. The Morgan fingerprint density at radius 1 is 1.46 bits per heavy atom. The lowest BCUT2D eigenvalue weighted by Gasteiger charge is -2.13. The van der Waals surface area contributed by atoms with Gasteiger partial charge in [0.1, 0.15) is 0 Å². The van der Waals surface area contributed by atoms with Crippen molar-refractivity contribution < 1.29 is 0 Å². The first-order valence-electron chi connectivity index (χ1n) is 5.07. The van der Waals surface area contributed by atoms with E-state index in [1.807, 2.05) is 6.20 Å². The highest BCUT2D eigenvalue weighted by Gasteiger charge is 2.01. The van der Waals surface area contributed by atoms with Gasteiger partial charge in [-0.25, -0.2) is 4.98 Å². The Morgan fingerprint density at radius 2 is 2.23 bits per heavy atom. The fourth-order valence-corrected chi connectivity index (χ4v) is 1.41. The highest BCUT2D eigenvalue weighted by Crippen LogP contribution is 1.97. The third-order valence-corrected chi connectivity index (χ3v) is 2.37. The van der Waals surface area contributed by atoms with Crippen LogP contribution in [0.3, 0.4) is 0 Å². The minimum Gasteiger partial charge on any atom is -0.348 e. The van der Waals surface area contributed by atoms with Gasteiger partial charge in [-0.05, 0) is 12.8 Å². The van der Waals surface area contributed by atoms with E-state index in [4.69, 9.17) is 0 Å². The summed E-state index contributed by atoms with van der Waals surface area (Å²) in [6.07, 6.45) is 7.07. The molecule has 0 aliphatic rings. The molecule has 2 N–H and O–H groups in total. The molecule has 1 aromatic rings. The van der Waals surface area contributed by atoms with Crippen molar-refractivity contribution in [1.29, 1.82) is 0 Å². The molecule has 0 radical (unpaired) electrons. The Kier molecular flexibility index (Phi) is 4.54. The van der Waals surface area contributed by atoms with Crippen LogP contribution in [0.15, 0.2) is 12.5 Å². The second kappa shape index (κ2) is 5.75. The van der Waals surface area contributed by atoms with Crippen LogP contribution in [0.2, 0.25) is 0 Å². The Hall–Kier alpha value is -0.830. The molecule has 1 heterocycles. The molecule has 0 spiro atoms. The van der Waals surface area contributed by atoms with Crippen LogP contribution in [-0.2, 0) is 6.42 Å². The van der Waals surface area contributed by atoms with Crippen molar-refractivity contribution in [3.8, 4) is 0 Å². The van der Waals surface area contributed by atoms with Gasteiger partial charge in [-0.3, -0.25) is 0 Å². The standard InChI is InChI=1S/C10H19N3/c1-3-9(4-2)12-6-5-10-7-11-8-13-10/h7-9,12H,3-6H2,1-2H3,(H,11,13). The molecule has 0 atom stereocenters. The van der Waals surface area contributed by atoms with Gasteiger partial charge in [0.25, 0.3) is 0 Å². The van der Waals surface area contributed by atoms with Gasteiger partial charge in [0.05, 0.1) is 6.33 Å². The molecule has 0 bridgehead atoms. The van der Waals surface area contributed by atoms with Gasteiger partial charge in [-0.15, -0.1) is 0 Å². The molecule has 1 aromatic heterocycles. The molecule has 0 aliphatic carbocycles. The van der Waals surface area contributed by atoms with E-state index in [0.717, 1.165) is 13.0 Å². The predicted molar refractivity (Wildman–Crippen MR) is 54.7 cm³/mol. The second-order valence-electron chi connectivity index (χ2n) is 3.29. The molecular weight excluding hydrogens is 162 g/mol. The molecule has 74 valence electrons. The number of aromatic amines is 1. The lowest BCUT2D eigenvalue weighted by atomic mass is 10.1. The van der Waals surface area contributed by atoms with Crippen LogP contribution < -0.4 is 5.32 Å². The van der Waals surface area contributed by atoms with Crippen LogP contribution in [0.5, 0.6) is 0 Å². The highest BCUT2D eigenvalue weighted by molar-refractivity contribution is 4.94. The van der Waals surface area contributed by atoms with Crippen molar-refractivity contribution in [2.75, 3.05) is 6.54 Å². The third kappa shape index (κ3) is 3.59. The van der Waals surface area contributed by atoms with Crippen LogP contribution in [0, 0.1) is 0 Å². The average Bonchev–Trinajstić information content (AvgIpc) is 2.65. The maximum Gasteiger partial charge on any atom is 0.0921 e. The topological polar surface area (TPSA) is 40.7 Å². The first-order chi connectivity index (χ1) is 6.36. The fraction of sp³-hybridized carbons (Fsp3) is 0.700. The first kappa shape index (κ1) is 10.3. The minimum atomic E-state index is 0.669. The van der Waals surface area contributed by atoms with Crippen molar-refractivity contribution >= 4 is 0 Å². The molecule has 0 fully saturated rings. The molecule has 3 heteroatoms. The maximum absolute atomic E-state index is 3.98. The van der Waals surface area contributed by atoms with E-state index in [2.05, 4.69) is 29.1 Å². The maximum atomic E-state index is 3.98. The molecule has 1 rings (SSSR count). The molecular formula is C10H19N3. The summed E-state index contributed by atoms with van der Waals surface area (Å²) in [6, 6.07) is 0.669. The molecule has 3 nitrogen and oxygen atoms in total. The number of rotatable bonds is 6. The quantitative estimate of drug-likeness (QED) is 0.701. The number of nitrogens with zero attached hydrogens (tertiary/aromatic N) is 1. The Labute approximate surface area is 80.0 Å². The van der Waals surface area contributed by atoms with Crippen LogP contribution in [0.1, 0.15) is 32.4 Å². The van der Waals surface area contributed by atoms with Crippen molar-refractivity contribution in [3.63, 3.8) is 0 Å². The van der Waals surface area contributed by atoms with Gasteiger partial charge >= 0.3 is 0 Å². The second-order valence-corrected chi connectivity index (χ2v) is 3.29. The summed E-state index contributed by atoms with van der Waals surface area (Å²) >= 11 is 0.